The van der Waals surface area contributed by atoms with E-state index in [1.54, 1.807) is 4.68 Å². The van der Waals surface area contributed by atoms with Crippen molar-refractivity contribution in [1.29, 1.82) is 0 Å². The predicted molar refractivity (Wildman–Crippen MR) is 103 cm³/mol. The fourth-order valence-electron chi connectivity index (χ4n) is 2.60. The minimum absolute atomic E-state index is 0.536. The molecule has 3 heterocycles. The Kier molecular flexibility index (Phi) is 3.87. The molecule has 0 aliphatic rings. The average molecular weight is 433 g/mol. The molecule has 0 aliphatic heterocycles. The van der Waals surface area contributed by atoms with Gasteiger partial charge in [-0.2, -0.15) is 10.2 Å². The number of benzene rings is 1. The van der Waals surface area contributed by atoms with E-state index in [9.17, 15) is 0 Å². The van der Waals surface area contributed by atoms with Crippen molar-refractivity contribution in [2.75, 3.05) is 0 Å². The molecular formula is C16H13IN5P. The summed E-state index contributed by atoms with van der Waals surface area (Å²) in [7, 11) is 1.91. The van der Waals surface area contributed by atoms with Gasteiger partial charge in [-0.15, -0.1) is 0 Å². The van der Waals surface area contributed by atoms with E-state index in [-0.39, 0.29) is 0 Å². The number of aromatic nitrogens is 5. The van der Waals surface area contributed by atoms with E-state index in [2.05, 4.69) is 50.3 Å². The lowest BCUT2D eigenvalue weighted by molar-refractivity contribution is 0.768. The molecule has 0 saturated heterocycles. The van der Waals surface area contributed by atoms with Crippen molar-refractivity contribution in [3.05, 3.63) is 55.0 Å². The van der Waals surface area contributed by atoms with Crippen molar-refractivity contribution in [3.63, 3.8) is 0 Å². The second-order valence-electron chi connectivity index (χ2n) is 5.20. The molecule has 23 heavy (non-hydrogen) atoms. The van der Waals surface area contributed by atoms with E-state index in [0.29, 0.717) is 6.37 Å². The monoisotopic (exact) mass is 433 g/mol. The van der Waals surface area contributed by atoms with E-state index in [1.807, 2.05) is 48.3 Å². The van der Waals surface area contributed by atoms with Gasteiger partial charge in [-0.3, -0.25) is 9.67 Å². The Morgan fingerprint density at radius 3 is 2.61 bits per heavy atom. The summed E-state index contributed by atoms with van der Waals surface area (Å²) in [5, 5.41) is 10.1. The maximum Gasteiger partial charge on any atom is 0.101 e. The van der Waals surface area contributed by atoms with Gasteiger partial charge in [0.25, 0.3) is 0 Å². The first-order valence-corrected chi connectivity index (χ1v) is 11.1. The zero-order chi connectivity index (χ0) is 15.8. The molecule has 4 rings (SSSR count). The summed E-state index contributed by atoms with van der Waals surface area (Å²) < 4.78 is 3.80. The van der Waals surface area contributed by atoms with Gasteiger partial charge < -0.3 is 0 Å². The lowest BCUT2D eigenvalue weighted by Crippen LogP contribution is -1.86. The Hall–Kier alpha value is -1.79. The number of aryl methyl sites for hydroxylation is 1. The van der Waals surface area contributed by atoms with Crippen molar-refractivity contribution in [2.24, 2.45) is 7.05 Å². The summed E-state index contributed by atoms with van der Waals surface area (Å²) in [6, 6.07) is 12.4. The highest BCUT2D eigenvalue weighted by Crippen LogP contribution is 2.35. The molecular weight excluding hydrogens is 420 g/mol. The topological polar surface area (TPSA) is 48.5 Å². The van der Waals surface area contributed by atoms with Crippen LogP contribution in [0.5, 0.6) is 0 Å². The van der Waals surface area contributed by atoms with Gasteiger partial charge in [-0.1, -0.05) is 30.3 Å². The molecule has 4 aromatic rings. The van der Waals surface area contributed by atoms with Gasteiger partial charge in [0.05, 0.1) is 30.0 Å². The number of nitrogens with zero attached hydrogens (tertiary/aromatic N) is 5. The van der Waals surface area contributed by atoms with Crippen LogP contribution < -0.4 is 0 Å². The van der Waals surface area contributed by atoms with Crippen molar-refractivity contribution >= 4 is 39.3 Å². The van der Waals surface area contributed by atoms with Gasteiger partial charge in [0.2, 0.25) is 0 Å². The molecule has 1 aromatic carbocycles. The van der Waals surface area contributed by atoms with E-state index >= 15 is 0 Å². The quantitative estimate of drug-likeness (QED) is 0.358. The summed E-state index contributed by atoms with van der Waals surface area (Å²) in [6.45, 7) is 0. The van der Waals surface area contributed by atoms with Crippen molar-refractivity contribution < 1.29 is 0 Å². The molecule has 0 fully saturated rings. The first-order valence-electron chi connectivity index (χ1n) is 7.06. The number of rotatable bonds is 3. The molecule has 0 saturated carbocycles. The van der Waals surface area contributed by atoms with Crippen LogP contribution in [0.25, 0.3) is 33.4 Å². The Morgan fingerprint density at radius 2 is 1.91 bits per heavy atom. The Morgan fingerprint density at radius 1 is 1.09 bits per heavy atom. The smallest absolute Gasteiger partial charge is 0.101 e. The van der Waals surface area contributed by atoms with Gasteiger partial charge >= 0.3 is 0 Å². The van der Waals surface area contributed by atoms with Crippen LogP contribution in [0, 0.1) is 0 Å². The predicted octanol–water partition coefficient (Wildman–Crippen LogP) is 4.29. The minimum atomic E-state index is 0.536. The van der Waals surface area contributed by atoms with Gasteiger partial charge in [-0.05, 0) is 28.1 Å². The number of pyridine rings is 1. The van der Waals surface area contributed by atoms with Crippen LogP contribution in [-0.2, 0) is 7.05 Å². The fraction of sp³-hybridized carbons (Fsp3) is 0.0625. The van der Waals surface area contributed by atoms with E-state index in [0.717, 1.165) is 33.4 Å². The fourth-order valence-corrected chi connectivity index (χ4v) is 4.11. The van der Waals surface area contributed by atoms with E-state index in [4.69, 9.17) is 5.10 Å². The highest BCUT2D eigenvalue weighted by Gasteiger charge is 2.14. The molecule has 5 nitrogen and oxygen atoms in total. The SMILES string of the molecule is Cn1cc(-c2cc3c(-c4ccccc4)nn(PI)c3cn2)cn1. The minimum Gasteiger partial charge on any atom is -0.275 e. The normalized spacial score (nSPS) is 11.7. The first-order chi connectivity index (χ1) is 11.3. The standard InChI is InChI=1S/C16H13IN5P/c1-21-10-12(8-19-21)14-7-13-15(9-18-14)22(23-17)20-16(13)11-5-3-2-4-6-11/h2-10,23H,1H3. The van der Waals surface area contributed by atoms with Gasteiger partial charge in [0, 0.05) is 29.8 Å². The van der Waals surface area contributed by atoms with Crippen LogP contribution in [0.3, 0.4) is 0 Å². The molecule has 0 N–H and O–H groups in total. The van der Waals surface area contributed by atoms with Gasteiger partial charge in [0.15, 0.2) is 0 Å². The van der Waals surface area contributed by atoms with Crippen LogP contribution >= 0.6 is 28.4 Å². The molecule has 0 amide bonds. The number of fused-ring (bicyclic) bond motifs is 1. The second kappa shape index (κ2) is 6.02. The summed E-state index contributed by atoms with van der Waals surface area (Å²) in [5.41, 5.74) is 5.10. The number of halogens is 1. The highest BCUT2D eigenvalue weighted by atomic mass is 127. The third kappa shape index (κ3) is 2.66. The number of hydrogen-bond acceptors (Lipinski definition) is 3. The highest BCUT2D eigenvalue weighted by molar-refractivity contribution is 14.2. The maximum absolute atomic E-state index is 4.78. The van der Waals surface area contributed by atoms with Crippen molar-refractivity contribution in [2.45, 2.75) is 0 Å². The van der Waals surface area contributed by atoms with Crippen LogP contribution in [0.2, 0.25) is 0 Å². The molecule has 1 atom stereocenters. The largest absolute Gasteiger partial charge is 0.275 e. The Balaban J connectivity index is 1.95. The zero-order valence-electron chi connectivity index (χ0n) is 12.3. The van der Waals surface area contributed by atoms with Crippen LogP contribution in [0.1, 0.15) is 0 Å². The van der Waals surface area contributed by atoms with Crippen LogP contribution in [0.15, 0.2) is 55.0 Å². The third-order valence-corrected chi connectivity index (χ3v) is 5.57. The molecule has 0 spiro atoms. The van der Waals surface area contributed by atoms with Gasteiger partial charge in [-0.25, -0.2) is 4.45 Å². The molecule has 0 bridgehead atoms. The first kappa shape index (κ1) is 14.8. The summed E-state index contributed by atoms with van der Waals surface area (Å²) in [6.07, 6.45) is 6.25. The van der Waals surface area contributed by atoms with Crippen LogP contribution in [0.4, 0.5) is 0 Å². The van der Waals surface area contributed by atoms with E-state index in [1.165, 1.54) is 0 Å². The summed E-state index contributed by atoms with van der Waals surface area (Å²) >= 11 is 2.34. The Labute approximate surface area is 148 Å². The van der Waals surface area contributed by atoms with E-state index < -0.39 is 0 Å². The lowest BCUT2D eigenvalue weighted by Gasteiger charge is -2.00. The third-order valence-electron chi connectivity index (χ3n) is 3.69. The van der Waals surface area contributed by atoms with Crippen LogP contribution in [-0.4, -0.2) is 24.3 Å². The maximum atomic E-state index is 4.78. The average Bonchev–Trinajstić information content (AvgIpc) is 3.18. The summed E-state index contributed by atoms with van der Waals surface area (Å²) in [5.74, 6) is 0. The molecule has 0 aliphatic carbocycles. The molecule has 1 unspecified atom stereocenters. The lowest BCUT2D eigenvalue weighted by atomic mass is 10.1. The molecule has 3 aromatic heterocycles. The zero-order valence-corrected chi connectivity index (χ0v) is 15.5. The van der Waals surface area contributed by atoms with Gasteiger partial charge in [0.1, 0.15) is 5.69 Å². The molecule has 114 valence electrons. The van der Waals surface area contributed by atoms with Crippen molar-refractivity contribution in [1.82, 2.24) is 24.3 Å². The summed E-state index contributed by atoms with van der Waals surface area (Å²) in [4.78, 5) is 4.59. The number of hydrogen-bond donors (Lipinski definition) is 0. The Bertz CT molecular complexity index is 977. The van der Waals surface area contributed by atoms with Crippen molar-refractivity contribution in [3.8, 4) is 22.5 Å². The molecule has 0 radical (unpaired) electrons. The molecule has 7 heteroatoms. The second-order valence-corrected chi connectivity index (χ2v) is 7.24.